The molecule has 25 heavy (non-hydrogen) atoms. The van der Waals surface area contributed by atoms with Crippen molar-refractivity contribution in [3.05, 3.63) is 28.5 Å². The van der Waals surface area contributed by atoms with Crippen molar-refractivity contribution in [3.8, 4) is 5.75 Å². The van der Waals surface area contributed by atoms with Crippen LogP contribution in [0.15, 0.2) is 17.3 Å². The maximum atomic E-state index is 12.2. The van der Waals surface area contributed by atoms with Crippen LogP contribution < -0.4 is 15.9 Å². The minimum Gasteiger partial charge on any atom is -0.495 e. The number of benzene rings is 1. The second kappa shape index (κ2) is 8.96. The Kier molecular flexibility index (Phi) is 6.95. The summed E-state index contributed by atoms with van der Waals surface area (Å²) in [5.41, 5.74) is 1.43. The van der Waals surface area contributed by atoms with Crippen molar-refractivity contribution in [1.82, 2.24) is 14.9 Å². The summed E-state index contributed by atoms with van der Waals surface area (Å²) in [5, 5.41) is 12.0. The van der Waals surface area contributed by atoms with Crippen molar-refractivity contribution in [3.63, 3.8) is 0 Å². The highest BCUT2D eigenvalue weighted by atomic mass is 35.5. The highest BCUT2D eigenvalue weighted by Gasteiger charge is 2.14. The maximum Gasteiger partial charge on any atom is 0.234 e. The number of halogens is 1. The first-order chi connectivity index (χ1) is 12.0. The third-order valence-corrected chi connectivity index (χ3v) is 4.93. The lowest BCUT2D eigenvalue weighted by Gasteiger charge is -2.12. The molecule has 0 bridgehead atoms. The molecule has 9 heteroatoms. The molecule has 0 saturated heterocycles. The fraction of sp³-hybridized carbons (Fsp3) is 0.438. The molecule has 1 heterocycles. The first-order valence-electron chi connectivity index (χ1n) is 7.92. The average Bonchev–Trinajstić information content (AvgIpc) is 2.94. The molecule has 1 amide bonds. The molecule has 0 atom stereocenters. The number of nitrogens with two attached hydrogens (primary N) is 1. The lowest BCUT2D eigenvalue weighted by Crippen LogP contribution is -2.17. The van der Waals surface area contributed by atoms with Gasteiger partial charge in [0.2, 0.25) is 11.1 Å². The Hall–Kier alpha value is -1.93. The fourth-order valence-electron chi connectivity index (χ4n) is 2.16. The Labute approximate surface area is 156 Å². The van der Waals surface area contributed by atoms with Crippen LogP contribution in [-0.4, -0.2) is 33.6 Å². The predicted molar refractivity (Wildman–Crippen MR) is 101 cm³/mol. The number of nitrogens with zero attached hydrogens (tertiary/aromatic N) is 3. The Morgan fingerprint density at radius 1 is 1.44 bits per heavy atom. The Balaban J connectivity index is 1.98. The van der Waals surface area contributed by atoms with Gasteiger partial charge in [-0.2, -0.15) is 0 Å². The lowest BCUT2D eigenvalue weighted by molar-refractivity contribution is -0.113. The Bertz CT molecular complexity index is 750. The van der Waals surface area contributed by atoms with Crippen molar-refractivity contribution in [1.29, 1.82) is 0 Å². The lowest BCUT2D eigenvalue weighted by atomic mass is 10.2. The van der Waals surface area contributed by atoms with Gasteiger partial charge in [0, 0.05) is 17.5 Å². The number of nitrogens with one attached hydrogen (secondary N) is 1. The number of aromatic nitrogens is 3. The van der Waals surface area contributed by atoms with Crippen LogP contribution >= 0.6 is 23.4 Å². The van der Waals surface area contributed by atoms with Crippen LogP contribution in [0.4, 0.5) is 5.69 Å². The number of aryl methyl sites for hydroxylation is 2. The van der Waals surface area contributed by atoms with E-state index in [9.17, 15) is 4.79 Å². The van der Waals surface area contributed by atoms with E-state index >= 15 is 0 Å². The molecule has 0 radical (unpaired) electrons. The van der Waals surface area contributed by atoms with Gasteiger partial charge < -0.3 is 15.9 Å². The van der Waals surface area contributed by atoms with E-state index in [1.807, 2.05) is 6.92 Å². The highest BCUT2D eigenvalue weighted by molar-refractivity contribution is 7.99. The average molecular weight is 384 g/mol. The van der Waals surface area contributed by atoms with Crippen LogP contribution in [0.1, 0.15) is 31.2 Å². The molecule has 136 valence electrons. The monoisotopic (exact) mass is 383 g/mol. The molecule has 1 aromatic heterocycles. The molecule has 0 fully saturated rings. The van der Waals surface area contributed by atoms with Gasteiger partial charge in [-0.05, 0) is 25.0 Å². The number of ether oxygens (including phenoxy) is 1. The zero-order valence-electron chi connectivity index (χ0n) is 14.5. The SMILES string of the molecule is CCCCc1nnc(SCC(=O)Nc2cc(C)c(Cl)cc2OC)n1N. The molecular weight excluding hydrogens is 362 g/mol. The van der Waals surface area contributed by atoms with Gasteiger partial charge in [0.15, 0.2) is 5.82 Å². The summed E-state index contributed by atoms with van der Waals surface area (Å²) in [6, 6.07) is 3.45. The zero-order chi connectivity index (χ0) is 18.4. The van der Waals surface area contributed by atoms with Crippen molar-refractivity contribution < 1.29 is 9.53 Å². The minimum absolute atomic E-state index is 0.161. The summed E-state index contributed by atoms with van der Waals surface area (Å²) < 4.78 is 6.70. The van der Waals surface area contributed by atoms with Crippen LogP contribution in [0.3, 0.4) is 0 Å². The number of thioether (sulfide) groups is 1. The molecule has 3 N–H and O–H groups in total. The number of amides is 1. The normalized spacial score (nSPS) is 10.7. The molecular formula is C16H22ClN5O2S. The molecule has 0 aliphatic carbocycles. The van der Waals surface area contributed by atoms with E-state index in [0.717, 1.165) is 30.7 Å². The van der Waals surface area contributed by atoms with Gasteiger partial charge in [-0.25, -0.2) is 4.68 Å². The molecule has 0 aliphatic heterocycles. The molecule has 1 aromatic carbocycles. The van der Waals surface area contributed by atoms with Gasteiger partial charge in [-0.1, -0.05) is 36.7 Å². The number of rotatable bonds is 8. The number of hydrogen-bond donors (Lipinski definition) is 2. The smallest absolute Gasteiger partial charge is 0.234 e. The largest absolute Gasteiger partial charge is 0.495 e. The summed E-state index contributed by atoms with van der Waals surface area (Å²) >= 11 is 7.30. The Morgan fingerprint density at radius 2 is 2.20 bits per heavy atom. The second-order valence-corrected chi connectivity index (χ2v) is 6.86. The molecule has 0 aliphatic rings. The molecule has 0 unspecified atom stereocenters. The highest BCUT2D eigenvalue weighted by Crippen LogP contribution is 2.31. The fourth-order valence-corrected chi connectivity index (χ4v) is 2.99. The first kappa shape index (κ1) is 19.4. The van der Waals surface area contributed by atoms with E-state index in [0.29, 0.717) is 21.6 Å². The number of unbranched alkanes of at least 4 members (excludes halogenated alkanes) is 1. The van der Waals surface area contributed by atoms with E-state index in [2.05, 4.69) is 22.4 Å². The topological polar surface area (TPSA) is 95.1 Å². The number of carbonyl (C=O) groups excluding carboxylic acids is 1. The van der Waals surface area contributed by atoms with E-state index in [1.54, 1.807) is 12.1 Å². The molecule has 7 nitrogen and oxygen atoms in total. The zero-order valence-corrected chi connectivity index (χ0v) is 16.1. The van der Waals surface area contributed by atoms with Gasteiger partial charge in [0.05, 0.1) is 18.6 Å². The van der Waals surface area contributed by atoms with Crippen LogP contribution in [0, 0.1) is 6.92 Å². The van der Waals surface area contributed by atoms with Crippen LogP contribution in [-0.2, 0) is 11.2 Å². The van der Waals surface area contributed by atoms with Gasteiger partial charge in [0.1, 0.15) is 5.75 Å². The standard InChI is InChI=1S/C16H22ClN5O2S/c1-4-5-6-14-20-21-16(22(14)18)25-9-15(23)19-12-7-10(2)11(17)8-13(12)24-3/h7-8H,4-6,9,18H2,1-3H3,(H,19,23). The quantitative estimate of drug-likeness (QED) is 0.537. The Morgan fingerprint density at radius 3 is 2.88 bits per heavy atom. The van der Waals surface area contributed by atoms with Crippen LogP contribution in [0.2, 0.25) is 5.02 Å². The van der Waals surface area contributed by atoms with Crippen LogP contribution in [0.25, 0.3) is 0 Å². The number of nitrogen functional groups attached to an aromatic ring is 1. The van der Waals surface area contributed by atoms with Crippen molar-refractivity contribution >= 4 is 35.0 Å². The van der Waals surface area contributed by atoms with Gasteiger partial charge in [0.25, 0.3) is 0 Å². The van der Waals surface area contributed by atoms with Crippen LogP contribution in [0.5, 0.6) is 5.75 Å². The number of hydrogen-bond acceptors (Lipinski definition) is 6. The van der Waals surface area contributed by atoms with Crippen molar-refractivity contribution in [2.24, 2.45) is 0 Å². The van der Waals surface area contributed by atoms with E-state index in [4.69, 9.17) is 22.2 Å². The van der Waals surface area contributed by atoms with E-state index in [1.165, 1.54) is 23.5 Å². The van der Waals surface area contributed by atoms with E-state index in [-0.39, 0.29) is 11.7 Å². The number of carbonyl (C=O) groups is 1. The van der Waals surface area contributed by atoms with Gasteiger partial charge in [-0.3, -0.25) is 4.79 Å². The third-order valence-electron chi connectivity index (χ3n) is 3.58. The summed E-state index contributed by atoms with van der Waals surface area (Å²) in [6.07, 6.45) is 2.82. The first-order valence-corrected chi connectivity index (χ1v) is 9.28. The second-order valence-electron chi connectivity index (χ2n) is 5.51. The maximum absolute atomic E-state index is 12.2. The summed E-state index contributed by atoms with van der Waals surface area (Å²) in [4.78, 5) is 12.2. The molecule has 0 spiro atoms. The summed E-state index contributed by atoms with van der Waals surface area (Å²) in [7, 11) is 1.53. The molecule has 2 rings (SSSR count). The minimum atomic E-state index is -0.192. The molecule has 2 aromatic rings. The van der Waals surface area contributed by atoms with Crippen molar-refractivity contribution in [2.75, 3.05) is 24.0 Å². The molecule has 0 saturated carbocycles. The summed E-state index contributed by atoms with van der Waals surface area (Å²) in [5.74, 6) is 7.17. The third kappa shape index (κ3) is 5.02. The predicted octanol–water partition coefficient (Wildman–Crippen LogP) is 3.04. The number of methoxy groups -OCH3 is 1. The van der Waals surface area contributed by atoms with Gasteiger partial charge >= 0.3 is 0 Å². The van der Waals surface area contributed by atoms with E-state index < -0.39 is 0 Å². The summed E-state index contributed by atoms with van der Waals surface area (Å²) in [6.45, 7) is 3.96. The van der Waals surface area contributed by atoms with Gasteiger partial charge in [-0.15, -0.1) is 10.2 Å². The van der Waals surface area contributed by atoms with Crippen molar-refractivity contribution in [2.45, 2.75) is 38.3 Å². The number of anilines is 1.